The molecule has 1 fully saturated rings. The van der Waals surface area contributed by atoms with Crippen LogP contribution in [0.15, 0.2) is 36.4 Å². The number of likely N-dealkylation sites (tertiary alicyclic amines) is 1. The van der Waals surface area contributed by atoms with E-state index in [2.05, 4.69) is 23.2 Å². The van der Waals surface area contributed by atoms with Crippen molar-refractivity contribution in [2.75, 3.05) is 18.4 Å². The number of nitrogens with zero attached hydrogens (tertiary/aromatic N) is 1. The highest BCUT2D eigenvalue weighted by Crippen LogP contribution is 2.29. The number of halogens is 2. The summed E-state index contributed by atoms with van der Waals surface area (Å²) in [4.78, 5) is 11.7. The number of hydrogen-bond donors (Lipinski definition) is 2. The molecule has 3 atom stereocenters. The molecule has 1 unspecified atom stereocenters. The summed E-state index contributed by atoms with van der Waals surface area (Å²) in [5, 5.41) is 4.11. The van der Waals surface area contributed by atoms with Crippen molar-refractivity contribution in [3.05, 3.63) is 63.9 Å². The Kier molecular flexibility index (Phi) is 7.10. The minimum absolute atomic E-state index is 0.00864. The maximum Gasteiger partial charge on any atom is 0.146 e. The average molecular weight is 409 g/mol. The highest BCUT2D eigenvalue weighted by Gasteiger charge is 2.22. The number of aryl methyl sites for hydroxylation is 1. The molecule has 1 aliphatic heterocycles. The van der Waals surface area contributed by atoms with Crippen LogP contribution in [-0.4, -0.2) is 28.5 Å². The van der Waals surface area contributed by atoms with Crippen molar-refractivity contribution in [1.29, 1.82) is 0 Å². The van der Waals surface area contributed by atoms with Gasteiger partial charge in [-0.2, -0.15) is 0 Å². The number of benzene rings is 2. The lowest BCUT2D eigenvalue weighted by Crippen LogP contribution is -2.20. The summed E-state index contributed by atoms with van der Waals surface area (Å²) < 4.78 is 14.4. The first-order valence-electron chi connectivity index (χ1n) is 9.43. The first kappa shape index (κ1) is 20.5. The van der Waals surface area contributed by atoms with Crippen molar-refractivity contribution in [2.24, 2.45) is 0 Å². The van der Waals surface area contributed by atoms with Crippen molar-refractivity contribution in [2.45, 2.75) is 44.9 Å². The lowest BCUT2D eigenvalue weighted by Gasteiger charge is -2.21. The lowest BCUT2D eigenvalue weighted by molar-refractivity contribution is 0.331. The molecule has 1 heterocycles. The Balaban J connectivity index is 1.74. The zero-order valence-electron chi connectivity index (χ0n) is 15.8. The average Bonchev–Trinajstić information content (AvgIpc) is 3.12. The van der Waals surface area contributed by atoms with Gasteiger partial charge in [-0.15, -0.1) is 0 Å². The van der Waals surface area contributed by atoms with Crippen molar-refractivity contribution in [3.63, 3.8) is 0 Å². The van der Waals surface area contributed by atoms with Crippen LogP contribution in [0.25, 0.3) is 0 Å². The Morgan fingerprint density at radius 3 is 2.81 bits per heavy atom. The molecule has 0 aliphatic carbocycles. The van der Waals surface area contributed by atoms with Gasteiger partial charge in [0.25, 0.3) is 0 Å². The Bertz CT molecular complexity index is 789. The molecule has 0 radical (unpaired) electrons. The molecule has 0 spiro atoms. The van der Waals surface area contributed by atoms with Gasteiger partial charge in [0.1, 0.15) is 5.82 Å². The summed E-state index contributed by atoms with van der Waals surface area (Å²) in [6.07, 6.45) is 1.88. The molecule has 1 aliphatic rings. The Hall–Kier alpha value is -1.19. The third kappa shape index (κ3) is 5.20. The molecular weight excluding hydrogens is 382 g/mol. The molecule has 2 aromatic rings. The fourth-order valence-corrected chi connectivity index (χ4v) is 4.33. The van der Waals surface area contributed by atoms with E-state index < -0.39 is 0 Å². The monoisotopic (exact) mass is 408 g/mol. The summed E-state index contributed by atoms with van der Waals surface area (Å²) in [5.41, 5.74) is 4.14. The summed E-state index contributed by atoms with van der Waals surface area (Å²) in [6, 6.07) is 11.3. The van der Waals surface area contributed by atoms with Gasteiger partial charge >= 0.3 is 0 Å². The Labute approximate surface area is 167 Å². The molecule has 3 rings (SSSR count). The largest absolute Gasteiger partial charge is 0.377 e. The molecule has 1 saturated heterocycles. The van der Waals surface area contributed by atoms with Gasteiger partial charge in [0.05, 0.1) is 11.7 Å². The molecule has 2 aromatic carbocycles. The minimum atomic E-state index is -0.237. The fraction of sp³-hybridized carbons (Fsp3) is 0.429. The Morgan fingerprint density at radius 1 is 1.33 bits per heavy atom. The number of hydrogen-bond acceptors (Lipinski definition) is 3. The number of nitrogens with one attached hydrogen (secondary N) is 1. The van der Waals surface area contributed by atoms with Crippen LogP contribution in [0.3, 0.4) is 0 Å². The molecule has 2 N–H and O–H groups in total. The molecule has 0 amide bonds. The summed E-state index contributed by atoms with van der Waals surface area (Å²) in [7, 11) is 0.00864. The SMILES string of the molecule is CC[C@@H](Nc1cc(CN2CC[C@@H](PO)C2)ccc1F)c1ccc(Cl)c(C)c1. The van der Waals surface area contributed by atoms with Crippen LogP contribution in [0, 0.1) is 12.7 Å². The summed E-state index contributed by atoms with van der Waals surface area (Å²) >= 11 is 6.14. The van der Waals surface area contributed by atoms with Gasteiger partial charge in [-0.3, -0.25) is 4.90 Å². The predicted molar refractivity (Wildman–Crippen MR) is 113 cm³/mol. The van der Waals surface area contributed by atoms with E-state index in [-0.39, 0.29) is 20.7 Å². The molecule has 6 heteroatoms. The lowest BCUT2D eigenvalue weighted by atomic mass is 10.0. The van der Waals surface area contributed by atoms with Crippen LogP contribution < -0.4 is 5.32 Å². The second-order valence-corrected chi connectivity index (χ2v) is 8.76. The van der Waals surface area contributed by atoms with Gasteiger partial charge < -0.3 is 10.2 Å². The quantitative estimate of drug-likeness (QED) is 0.593. The van der Waals surface area contributed by atoms with E-state index in [0.717, 1.165) is 54.2 Å². The molecular formula is C21H27ClFN2OP. The first-order chi connectivity index (χ1) is 13.0. The van der Waals surface area contributed by atoms with Crippen molar-refractivity contribution in [3.8, 4) is 0 Å². The minimum Gasteiger partial charge on any atom is -0.377 e. The van der Waals surface area contributed by atoms with E-state index >= 15 is 0 Å². The topological polar surface area (TPSA) is 35.5 Å². The van der Waals surface area contributed by atoms with Crippen molar-refractivity contribution < 1.29 is 9.28 Å². The number of anilines is 1. The van der Waals surface area contributed by atoms with E-state index in [4.69, 9.17) is 11.6 Å². The zero-order chi connectivity index (χ0) is 19.4. The first-order valence-corrected chi connectivity index (χ1v) is 10.8. The van der Waals surface area contributed by atoms with Crippen LogP contribution in [0.2, 0.25) is 5.02 Å². The highest BCUT2D eigenvalue weighted by molar-refractivity contribution is 7.32. The van der Waals surface area contributed by atoms with E-state index in [1.165, 1.54) is 0 Å². The van der Waals surface area contributed by atoms with Crippen molar-refractivity contribution in [1.82, 2.24) is 4.90 Å². The van der Waals surface area contributed by atoms with Crippen molar-refractivity contribution >= 4 is 26.1 Å². The third-order valence-corrected chi connectivity index (χ3v) is 6.47. The Morgan fingerprint density at radius 2 is 2.15 bits per heavy atom. The van der Waals surface area contributed by atoms with Crippen LogP contribution in [0.5, 0.6) is 0 Å². The fourth-order valence-electron chi connectivity index (χ4n) is 3.61. The van der Waals surface area contributed by atoms with Gasteiger partial charge in [0.15, 0.2) is 0 Å². The third-order valence-electron chi connectivity index (χ3n) is 5.21. The second-order valence-electron chi connectivity index (χ2n) is 7.28. The molecule has 0 bridgehead atoms. The van der Waals surface area contributed by atoms with Gasteiger partial charge in [-0.1, -0.05) is 36.7 Å². The van der Waals surface area contributed by atoms with Gasteiger partial charge in [0, 0.05) is 32.6 Å². The maximum atomic E-state index is 14.4. The molecule has 146 valence electrons. The van der Waals surface area contributed by atoms with Crippen LogP contribution in [-0.2, 0) is 6.54 Å². The van der Waals surface area contributed by atoms with E-state index in [1.54, 1.807) is 6.07 Å². The van der Waals surface area contributed by atoms with Gasteiger partial charge in [0.2, 0.25) is 0 Å². The maximum absolute atomic E-state index is 14.4. The van der Waals surface area contributed by atoms with E-state index in [1.807, 2.05) is 31.2 Å². The van der Waals surface area contributed by atoms with E-state index in [9.17, 15) is 9.28 Å². The van der Waals surface area contributed by atoms with E-state index in [0.29, 0.717) is 11.3 Å². The highest BCUT2D eigenvalue weighted by atomic mass is 35.5. The predicted octanol–water partition coefficient (Wildman–Crippen LogP) is 5.51. The molecule has 3 nitrogen and oxygen atoms in total. The second kappa shape index (κ2) is 9.34. The zero-order valence-corrected chi connectivity index (χ0v) is 17.6. The smallest absolute Gasteiger partial charge is 0.146 e. The summed E-state index contributed by atoms with van der Waals surface area (Å²) in [6.45, 7) is 6.75. The van der Waals surface area contributed by atoms with Crippen LogP contribution in [0.4, 0.5) is 10.1 Å². The number of rotatable bonds is 7. The van der Waals surface area contributed by atoms with Crippen LogP contribution >= 0.6 is 20.4 Å². The van der Waals surface area contributed by atoms with Gasteiger partial charge in [-0.05, 0) is 61.2 Å². The van der Waals surface area contributed by atoms with Gasteiger partial charge in [-0.25, -0.2) is 4.39 Å². The van der Waals surface area contributed by atoms with Crippen LogP contribution in [0.1, 0.15) is 42.5 Å². The normalized spacial score (nSPS) is 19.1. The molecule has 0 aromatic heterocycles. The molecule has 27 heavy (non-hydrogen) atoms. The summed E-state index contributed by atoms with van der Waals surface area (Å²) in [5.74, 6) is -0.237. The standard InChI is InChI=1S/C21H27ClFN2OP/c1-3-20(16-5-6-18(22)14(2)10-16)24-21-11-15(4-7-19(21)23)12-25-9-8-17(13-25)27-26/h4-7,10-11,17,20,24,26-27H,3,8-9,12-13H2,1-2H3/t17-,20-/m1/s1. The molecule has 0 saturated carbocycles.